The van der Waals surface area contributed by atoms with Crippen LogP contribution in [0.2, 0.25) is 0 Å². The van der Waals surface area contributed by atoms with E-state index in [1.807, 2.05) is 0 Å². The van der Waals surface area contributed by atoms with Crippen molar-refractivity contribution in [3.05, 3.63) is 118 Å². The van der Waals surface area contributed by atoms with Crippen molar-refractivity contribution in [2.45, 2.75) is 61.2 Å². The van der Waals surface area contributed by atoms with Crippen LogP contribution in [-0.4, -0.2) is 29.0 Å². The molecule has 0 aliphatic heterocycles. The molecule has 1 heterocycles. The van der Waals surface area contributed by atoms with Crippen molar-refractivity contribution < 1.29 is 15.3 Å². The molecular weight excluding hydrogens is 498 g/mol. The van der Waals surface area contributed by atoms with Gasteiger partial charge in [0, 0.05) is 0 Å². The Kier molecular flexibility index (Phi) is 7.28. The third-order valence-electron chi connectivity index (χ3n) is 7.06. The predicted molar refractivity (Wildman–Crippen MR) is 149 cm³/mol. The van der Waals surface area contributed by atoms with Crippen LogP contribution in [0.1, 0.15) is 50.1 Å². The second-order valence-electron chi connectivity index (χ2n) is 10.3. The lowest BCUT2D eigenvalue weighted by Crippen LogP contribution is -2.54. The van der Waals surface area contributed by atoms with Crippen molar-refractivity contribution in [2.24, 2.45) is 0 Å². The number of aromatic nitrogens is 3. The minimum absolute atomic E-state index is 0.0961. The quantitative estimate of drug-likeness (QED) is 0.351. The van der Waals surface area contributed by atoms with Crippen molar-refractivity contribution in [1.29, 1.82) is 0 Å². The number of hydrogen-bond acceptors (Lipinski definition) is 6. The molecule has 39 heavy (non-hydrogen) atoms. The summed E-state index contributed by atoms with van der Waals surface area (Å²) in [5.41, 5.74) is 3.27. The highest BCUT2D eigenvalue weighted by Crippen LogP contribution is 2.25. The number of benzene rings is 3. The normalized spacial score (nSPS) is 11.2. The lowest BCUT2D eigenvalue weighted by atomic mass is 10.1. The first-order valence-electron chi connectivity index (χ1n) is 12.6. The molecular formula is C30H33N3O6. The molecule has 0 radical (unpaired) electrons. The second-order valence-corrected chi connectivity index (χ2v) is 10.3. The Hall–Kier alpha value is -4.53. The van der Waals surface area contributed by atoms with Crippen molar-refractivity contribution in [3.8, 4) is 17.2 Å². The number of hydrogen-bond donors (Lipinski definition) is 3. The Morgan fingerprint density at radius 3 is 0.795 bits per heavy atom. The highest BCUT2D eigenvalue weighted by atomic mass is 16.3. The molecule has 0 unspecified atom stereocenters. The molecule has 9 heteroatoms. The third-order valence-corrected chi connectivity index (χ3v) is 7.06. The zero-order valence-electron chi connectivity index (χ0n) is 23.0. The molecule has 0 atom stereocenters. The van der Waals surface area contributed by atoms with Crippen LogP contribution in [0, 0.1) is 41.5 Å². The van der Waals surface area contributed by atoms with Crippen molar-refractivity contribution in [2.75, 3.05) is 0 Å². The van der Waals surface area contributed by atoms with Crippen molar-refractivity contribution in [3.63, 3.8) is 0 Å². The molecule has 4 aromatic rings. The van der Waals surface area contributed by atoms with Crippen LogP contribution < -0.4 is 17.1 Å². The molecule has 9 nitrogen and oxygen atoms in total. The number of rotatable bonds is 6. The molecule has 0 aliphatic carbocycles. The van der Waals surface area contributed by atoms with Gasteiger partial charge >= 0.3 is 17.1 Å². The van der Waals surface area contributed by atoms with Gasteiger partial charge in [0.1, 0.15) is 17.2 Å². The molecule has 0 fully saturated rings. The first-order chi connectivity index (χ1) is 18.3. The van der Waals surface area contributed by atoms with Crippen LogP contribution in [0.15, 0.2) is 50.8 Å². The van der Waals surface area contributed by atoms with E-state index in [9.17, 15) is 29.7 Å². The average molecular weight is 532 g/mol. The topological polar surface area (TPSA) is 127 Å². The maximum atomic E-state index is 13.6. The van der Waals surface area contributed by atoms with E-state index in [4.69, 9.17) is 0 Å². The molecule has 0 spiro atoms. The summed E-state index contributed by atoms with van der Waals surface area (Å²) in [6.07, 6.45) is 0. The van der Waals surface area contributed by atoms with E-state index in [1.54, 1.807) is 77.9 Å². The fourth-order valence-electron chi connectivity index (χ4n) is 5.05. The van der Waals surface area contributed by atoms with Gasteiger partial charge in [0.2, 0.25) is 0 Å². The van der Waals surface area contributed by atoms with E-state index >= 15 is 0 Å². The van der Waals surface area contributed by atoms with E-state index < -0.39 is 17.1 Å². The zero-order chi connectivity index (χ0) is 28.8. The molecule has 0 saturated heterocycles. The Labute approximate surface area is 225 Å². The molecule has 0 amide bonds. The lowest BCUT2D eigenvalue weighted by molar-refractivity contribution is 0.464. The maximum absolute atomic E-state index is 13.6. The maximum Gasteiger partial charge on any atom is 0.336 e. The number of aromatic hydroxyl groups is 3. The third kappa shape index (κ3) is 5.25. The number of nitrogens with zero attached hydrogens (tertiary/aromatic N) is 3. The van der Waals surface area contributed by atoms with Gasteiger partial charge in [0.05, 0.1) is 19.6 Å². The van der Waals surface area contributed by atoms with Crippen LogP contribution in [0.4, 0.5) is 0 Å². The summed E-state index contributed by atoms with van der Waals surface area (Å²) in [5, 5.41) is 30.5. The summed E-state index contributed by atoms with van der Waals surface area (Å²) in [5.74, 6) is 0.429. The van der Waals surface area contributed by atoms with Gasteiger partial charge in [-0.1, -0.05) is 36.4 Å². The Balaban J connectivity index is 1.92. The van der Waals surface area contributed by atoms with Gasteiger partial charge in [-0.05, 0) is 91.6 Å². The summed E-state index contributed by atoms with van der Waals surface area (Å²) in [6, 6.07) is 10.2. The average Bonchev–Trinajstić information content (AvgIpc) is 2.87. The van der Waals surface area contributed by atoms with Gasteiger partial charge < -0.3 is 15.3 Å². The highest BCUT2D eigenvalue weighted by molar-refractivity contribution is 5.44. The van der Waals surface area contributed by atoms with Crippen LogP contribution in [0.3, 0.4) is 0 Å². The van der Waals surface area contributed by atoms with E-state index in [-0.39, 0.29) is 36.9 Å². The van der Waals surface area contributed by atoms with Crippen LogP contribution in [0.5, 0.6) is 17.2 Å². The molecule has 1 aromatic heterocycles. The Bertz CT molecular complexity index is 1480. The highest BCUT2D eigenvalue weighted by Gasteiger charge is 2.18. The monoisotopic (exact) mass is 531 g/mol. The molecule has 4 rings (SSSR count). The van der Waals surface area contributed by atoms with E-state index in [1.165, 1.54) is 0 Å². The van der Waals surface area contributed by atoms with E-state index in [0.29, 0.717) is 50.1 Å². The zero-order valence-corrected chi connectivity index (χ0v) is 23.0. The number of phenols is 3. The summed E-state index contributed by atoms with van der Waals surface area (Å²) in [4.78, 5) is 40.9. The molecule has 0 aliphatic rings. The molecule has 204 valence electrons. The Morgan fingerprint density at radius 2 is 0.615 bits per heavy atom. The molecule has 3 N–H and O–H groups in total. The number of aryl methyl sites for hydroxylation is 6. The standard InChI is InChI=1S/C30H33N3O6/c1-16-7-22(8-17(2)25(16)34)13-31-28(37)32(14-23-9-18(3)26(35)19(4)10-23)30(39)33(29(31)38)15-24-11-20(5)27(36)21(6)12-24/h7-12,34-36H,13-15H2,1-6H3. The number of phenolic OH excluding ortho intramolecular Hbond substituents is 3. The van der Waals surface area contributed by atoms with E-state index in [2.05, 4.69) is 0 Å². The molecule has 3 aromatic carbocycles. The fraction of sp³-hybridized carbons (Fsp3) is 0.300. The lowest BCUT2D eigenvalue weighted by Gasteiger charge is -2.16. The van der Waals surface area contributed by atoms with Gasteiger partial charge in [-0.3, -0.25) is 0 Å². The smallest absolute Gasteiger partial charge is 0.336 e. The van der Waals surface area contributed by atoms with Gasteiger partial charge in [0.25, 0.3) is 0 Å². The van der Waals surface area contributed by atoms with E-state index in [0.717, 1.165) is 13.7 Å². The van der Waals surface area contributed by atoms with Crippen molar-refractivity contribution >= 4 is 0 Å². The largest absolute Gasteiger partial charge is 0.507 e. The second kappa shape index (κ2) is 10.3. The summed E-state index contributed by atoms with van der Waals surface area (Å²) >= 11 is 0. The first-order valence-corrected chi connectivity index (χ1v) is 12.6. The van der Waals surface area contributed by atoms with Crippen LogP contribution >= 0.6 is 0 Å². The first kappa shape index (κ1) is 27.5. The summed E-state index contributed by atoms with van der Waals surface area (Å²) in [6.45, 7) is 10.1. The van der Waals surface area contributed by atoms with Gasteiger partial charge in [0.15, 0.2) is 0 Å². The summed E-state index contributed by atoms with van der Waals surface area (Å²) < 4.78 is 3.06. The minimum Gasteiger partial charge on any atom is -0.507 e. The minimum atomic E-state index is -0.758. The van der Waals surface area contributed by atoms with Crippen LogP contribution in [-0.2, 0) is 19.6 Å². The molecule has 0 bridgehead atoms. The van der Waals surface area contributed by atoms with Gasteiger partial charge in [-0.2, -0.15) is 0 Å². The van der Waals surface area contributed by atoms with Crippen LogP contribution in [0.25, 0.3) is 0 Å². The van der Waals surface area contributed by atoms with Gasteiger partial charge in [-0.15, -0.1) is 0 Å². The Morgan fingerprint density at radius 1 is 0.436 bits per heavy atom. The molecule has 0 saturated carbocycles. The summed E-state index contributed by atoms with van der Waals surface area (Å²) in [7, 11) is 0. The van der Waals surface area contributed by atoms with Gasteiger partial charge in [-0.25, -0.2) is 28.1 Å². The SMILES string of the molecule is Cc1cc(Cn2c(=O)n(Cc3cc(C)c(O)c(C)c3)c(=O)n(Cc3cc(C)c(O)c(C)c3)c2=O)cc(C)c1O. The van der Waals surface area contributed by atoms with Crippen molar-refractivity contribution in [1.82, 2.24) is 13.7 Å². The predicted octanol–water partition coefficient (Wildman–Crippen LogP) is 3.28. The fourth-order valence-corrected chi connectivity index (χ4v) is 5.05.